The van der Waals surface area contributed by atoms with Crippen LogP contribution in [0.15, 0.2) is 29.3 Å². The van der Waals surface area contributed by atoms with Crippen LogP contribution in [0.4, 0.5) is 23.2 Å². The third-order valence-corrected chi connectivity index (χ3v) is 2.21. The fourth-order valence-corrected chi connectivity index (χ4v) is 1.26. The van der Waals surface area contributed by atoms with Gasteiger partial charge in [-0.05, 0) is 24.3 Å². The standard InChI is InChI=1S/C12H11F4NO2/c1-19-11(18)7-6-10(12(14,15)16)17-9-4-2-8(13)3-5-9/h2-5H,6-7H2,1H3. The van der Waals surface area contributed by atoms with Crippen molar-refractivity contribution in [1.82, 2.24) is 0 Å². The summed E-state index contributed by atoms with van der Waals surface area (Å²) in [5.74, 6) is -1.32. The number of aliphatic imine (C=N–C) groups is 1. The molecule has 19 heavy (non-hydrogen) atoms. The van der Waals surface area contributed by atoms with Gasteiger partial charge in [0.25, 0.3) is 0 Å². The fourth-order valence-electron chi connectivity index (χ4n) is 1.26. The van der Waals surface area contributed by atoms with Gasteiger partial charge in [0.2, 0.25) is 0 Å². The van der Waals surface area contributed by atoms with E-state index in [4.69, 9.17) is 0 Å². The molecule has 1 aromatic carbocycles. The molecular weight excluding hydrogens is 266 g/mol. The zero-order valence-corrected chi connectivity index (χ0v) is 10.00. The number of hydrogen-bond donors (Lipinski definition) is 0. The molecular formula is C12H11F4NO2. The Labute approximate surface area is 106 Å². The van der Waals surface area contributed by atoms with Gasteiger partial charge in [-0.15, -0.1) is 0 Å². The van der Waals surface area contributed by atoms with Crippen molar-refractivity contribution in [3.8, 4) is 0 Å². The largest absolute Gasteiger partial charge is 0.469 e. The normalized spacial score (nSPS) is 12.4. The molecule has 1 rings (SSSR count). The predicted octanol–water partition coefficient (Wildman–Crippen LogP) is 3.41. The van der Waals surface area contributed by atoms with Crippen LogP contribution in [0.25, 0.3) is 0 Å². The van der Waals surface area contributed by atoms with E-state index < -0.39 is 36.5 Å². The second kappa shape index (κ2) is 6.31. The van der Waals surface area contributed by atoms with E-state index >= 15 is 0 Å². The van der Waals surface area contributed by atoms with Gasteiger partial charge in [-0.2, -0.15) is 13.2 Å². The Morgan fingerprint density at radius 2 is 1.79 bits per heavy atom. The van der Waals surface area contributed by atoms with Gasteiger partial charge in [-0.1, -0.05) is 0 Å². The van der Waals surface area contributed by atoms with Crippen molar-refractivity contribution in [1.29, 1.82) is 0 Å². The van der Waals surface area contributed by atoms with Crippen molar-refractivity contribution in [2.75, 3.05) is 7.11 Å². The van der Waals surface area contributed by atoms with Gasteiger partial charge in [-0.25, -0.2) is 9.38 Å². The summed E-state index contributed by atoms with van der Waals surface area (Å²) in [4.78, 5) is 14.2. The quantitative estimate of drug-likeness (QED) is 0.480. The Bertz CT molecular complexity index is 466. The maximum Gasteiger partial charge on any atom is 0.429 e. The fraction of sp³-hybridized carbons (Fsp3) is 0.333. The Morgan fingerprint density at radius 1 is 1.21 bits per heavy atom. The van der Waals surface area contributed by atoms with Crippen LogP contribution in [-0.4, -0.2) is 25.0 Å². The zero-order valence-electron chi connectivity index (χ0n) is 10.00. The third kappa shape index (κ3) is 5.07. The number of rotatable bonds is 4. The van der Waals surface area contributed by atoms with Crippen LogP contribution in [-0.2, 0) is 9.53 Å². The molecule has 0 heterocycles. The van der Waals surface area contributed by atoms with Crippen molar-refractivity contribution in [3.63, 3.8) is 0 Å². The van der Waals surface area contributed by atoms with Gasteiger partial charge in [0, 0.05) is 6.42 Å². The Balaban J connectivity index is 2.90. The molecule has 0 saturated carbocycles. The lowest BCUT2D eigenvalue weighted by atomic mass is 10.2. The number of methoxy groups -OCH3 is 1. The first-order valence-electron chi connectivity index (χ1n) is 5.30. The van der Waals surface area contributed by atoms with Crippen molar-refractivity contribution in [2.45, 2.75) is 19.0 Å². The molecule has 0 saturated heterocycles. The van der Waals surface area contributed by atoms with Crippen LogP contribution in [0.5, 0.6) is 0 Å². The van der Waals surface area contributed by atoms with Crippen LogP contribution >= 0.6 is 0 Å². The summed E-state index contributed by atoms with van der Waals surface area (Å²) in [7, 11) is 1.09. The van der Waals surface area contributed by atoms with Crippen LogP contribution in [0.3, 0.4) is 0 Å². The number of alkyl halides is 3. The molecule has 0 fully saturated rings. The number of nitrogens with zero attached hydrogens (tertiary/aromatic N) is 1. The maximum atomic E-state index is 12.7. The third-order valence-electron chi connectivity index (χ3n) is 2.21. The van der Waals surface area contributed by atoms with Gasteiger partial charge >= 0.3 is 12.1 Å². The highest BCUT2D eigenvalue weighted by molar-refractivity contribution is 5.93. The van der Waals surface area contributed by atoms with E-state index in [2.05, 4.69) is 9.73 Å². The zero-order chi connectivity index (χ0) is 14.5. The van der Waals surface area contributed by atoms with E-state index in [-0.39, 0.29) is 5.69 Å². The second-order valence-corrected chi connectivity index (χ2v) is 3.61. The number of halogens is 4. The van der Waals surface area contributed by atoms with E-state index in [1.54, 1.807) is 0 Å². The summed E-state index contributed by atoms with van der Waals surface area (Å²) in [5, 5.41) is 0. The molecule has 0 aliphatic carbocycles. The number of carbonyl (C=O) groups is 1. The van der Waals surface area contributed by atoms with Crippen LogP contribution in [0.1, 0.15) is 12.8 Å². The lowest BCUT2D eigenvalue weighted by Crippen LogP contribution is -2.23. The van der Waals surface area contributed by atoms with E-state index in [1.807, 2.05) is 0 Å². The van der Waals surface area contributed by atoms with Crippen LogP contribution in [0, 0.1) is 5.82 Å². The van der Waals surface area contributed by atoms with Gasteiger partial charge in [0.05, 0.1) is 19.2 Å². The first kappa shape index (κ1) is 15.1. The number of esters is 1. The number of carbonyl (C=O) groups excluding carboxylic acids is 1. The highest BCUT2D eigenvalue weighted by Crippen LogP contribution is 2.24. The molecule has 0 atom stereocenters. The molecule has 0 bridgehead atoms. The van der Waals surface area contributed by atoms with Crippen LogP contribution in [0.2, 0.25) is 0 Å². The van der Waals surface area contributed by atoms with Gasteiger partial charge in [0.15, 0.2) is 0 Å². The van der Waals surface area contributed by atoms with Crippen molar-refractivity contribution in [2.24, 2.45) is 4.99 Å². The predicted molar refractivity (Wildman–Crippen MR) is 60.8 cm³/mol. The average molecular weight is 277 g/mol. The first-order chi connectivity index (χ1) is 8.82. The smallest absolute Gasteiger partial charge is 0.429 e. The van der Waals surface area contributed by atoms with E-state index in [9.17, 15) is 22.4 Å². The molecule has 0 aliphatic rings. The molecule has 104 valence electrons. The molecule has 3 nitrogen and oxygen atoms in total. The number of benzene rings is 1. The SMILES string of the molecule is COC(=O)CCC(=Nc1ccc(F)cc1)C(F)(F)F. The van der Waals surface area contributed by atoms with Crippen molar-refractivity contribution < 1.29 is 27.1 Å². The van der Waals surface area contributed by atoms with Gasteiger partial charge in [0.1, 0.15) is 11.5 Å². The topological polar surface area (TPSA) is 38.7 Å². The Hall–Kier alpha value is -1.92. The minimum atomic E-state index is -4.65. The summed E-state index contributed by atoms with van der Waals surface area (Å²) in [6, 6.07) is 4.26. The molecule has 0 amide bonds. The summed E-state index contributed by atoms with van der Waals surface area (Å²) in [5.41, 5.74) is -1.14. The molecule has 0 N–H and O–H groups in total. The summed E-state index contributed by atoms with van der Waals surface area (Å²) in [6.45, 7) is 0. The van der Waals surface area contributed by atoms with E-state index in [0.29, 0.717) is 0 Å². The van der Waals surface area contributed by atoms with E-state index in [0.717, 1.165) is 31.4 Å². The lowest BCUT2D eigenvalue weighted by molar-refractivity contribution is -0.140. The Kier molecular flexibility index (Phi) is 5.02. The minimum absolute atomic E-state index is 0.0291. The van der Waals surface area contributed by atoms with E-state index in [1.165, 1.54) is 0 Å². The molecule has 0 aromatic heterocycles. The molecule has 0 radical (unpaired) electrons. The second-order valence-electron chi connectivity index (χ2n) is 3.61. The van der Waals surface area contributed by atoms with Crippen LogP contribution < -0.4 is 0 Å². The number of hydrogen-bond acceptors (Lipinski definition) is 3. The average Bonchev–Trinajstić information content (AvgIpc) is 2.34. The minimum Gasteiger partial charge on any atom is -0.469 e. The monoisotopic (exact) mass is 277 g/mol. The van der Waals surface area contributed by atoms with Crippen molar-refractivity contribution >= 4 is 17.4 Å². The Morgan fingerprint density at radius 3 is 2.26 bits per heavy atom. The highest BCUT2D eigenvalue weighted by atomic mass is 19.4. The highest BCUT2D eigenvalue weighted by Gasteiger charge is 2.35. The number of ether oxygens (including phenoxy) is 1. The summed E-state index contributed by atoms with van der Waals surface area (Å²) in [6.07, 6.45) is -5.66. The lowest BCUT2D eigenvalue weighted by Gasteiger charge is -2.10. The van der Waals surface area contributed by atoms with Crippen molar-refractivity contribution in [3.05, 3.63) is 30.1 Å². The molecule has 0 unspecified atom stereocenters. The molecule has 7 heteroatoms. The maximum absolute atomic E-state index is 12.7. The summed E-state index contributed by atoms with van der Waals surface area (Å²) < 4.78 is 54.9. The summed E-state index contributed by atoms with van der Waals surface area (Å²) >= 11 is 0. The van der Waals surface area contributed by atoms with Gasteiger partial charge < -0.3 is 4.74 Å². The van der Waals surface area contributed by atoms with Gasteiger partial charge in [-0.3, -0.25) is 4.79 Å². The first-order valence-corrected chi connectivity index (χ1v) is 5.30. The molecule has 1 aromatic rings. The molecule has 0 aliphatic heterocycles. The molecule has 0 spiro atoms.